The van der Waals surface area contributed by atoms with Crippen molar-refractivity contribution in [3.05, 3.63) is 68.8 Å². The summed E-state index contributed by atoms with van der Waals surface area (Å²) in [5, 5.41) is 35.8. The second-order valence-corrected chi connectivity index (χ2v) is 12.5. The lowest BCUT2D eigenvalue weighted by Crippen LogP contribution is -2.78. The Kier molecular flexibility index (Phi) is 5.61. The topological polar surface area (TPSA) is 116 Å². The molecule has 5 aliphatic rings. The first kappa shape index (κ1) is 25.5. The molecule has 2 heterocycles. The second-order valence-electron chi connectivity index (χ2n) is 12.5. The lowest BCUT2D eigenvalue weighted by molar-refractivity contribution is -0.386. The van der Waals surface area contributed by atoms with Crippen molar-refractivity contribution in [2.75, 3.05) is 20.1 Å². The maximum Gasteiger partial charge on any atom is 0.276 e. The molecule has 0 radical (unpaired) electrons. The molecule has 2 saturated carbocycles. The number of rotatable bonds is 6. The largest absolute Gasteiger partial charge is 0.504 e. The molecule has 7 rings (SSSR count). The Balaban J connectivity index is 1.30. The van der Waals surface area contributed by atoms with Crippen LogP contribution in [0.1, 0.15) is 54.4 Å². The third-order valence-electron chi connectivity index (χ3n) is 10.3. The number of aliphatic hydroxyl groups is 1. The van der Waals surface area contributed by atoms with Crippen molar-refractivity contribution in [1.29, 1.82) is 0 Å². The maximum atomic E-state index is 13.4. The number of carbonyl (C=O) groups is 1. The molecule has 2 N–H and O–H groups in total. The van der Waals surface area contributed by atoms with E-state index >= 15 is 0 Å². The molecule has 1 spiro atoms. The van der Waals surface area contributed by atoms with E-state index in [1.807, 2.05) is 31.2 Å². The van der Waals surface area contributed by atoms with Crippen LogP contribution in [0.4, 0.5) is 5.69 Å². The first-order chi connectivity index (χ1) is 19.1. The van der Waals surface area contributed by atoms with Crippen LogP contribution < -0.4 is 4.74 Å². The van der Waals surface area contributed by atoms with Crippen LogP contribution >= 0.6 is 0 Å². The Labute approximate surface area is 233 Å². The molecule has 0 aromatic heterocycles. The number of nitro benzene ring substituents is 1. The minimum atomic E-state index is -1.18. The van der Waals surface area contributed by atoms with Crippen molar-refractivity contribution in [3.8, 4) is 11.5 Å². The number of aryl methyl sites for hydroxylation is 1. The van der Waals surface area contributed by atoms with Gasteiger partial charge in [-0.15, -0.1) is 0 Å². The highest BCUT2D eigenvalue weighted by Crippen LogP contribution is 2.67. The molecule has 40 heavy (non-hydrogen) atoms. The number of hydrogen-bond donors (Lipinski definition) is 2. The van der Waals surface area contributed by atoms with E-state index in [2.05, 4.69) is 4.90 Å². The Morgan fingerprint density at radius 3 is 2.80 bits per heavy atom. The minimum absolute atomic E-state index is 0.118. The molecule has 9 nitrogen and oxygen atoms in total. The standard InChI is InChI=1S/C31H35N3O6/c1-18-4-3-5-19(14-18)8-9-26(36)32(2)22-10-11-31(37)25-15-21-23(34(38)39)16-24(35)28-27(21)30(31,29(22)40-28)12-13-33(25)17-20-6-7-20/h3-5,8-9,14,16,20,22,25,29,35,37H,6-7,10-13,15,17H2,1-2H3/b9-8+/t22?,25-,29?,30+,31?/m1/s1. The summed E-state index contributed by atoms with van der Waals surface area (Å²) < 4.78 is 6.53. The van der Waals surface area contributed by atoms with Gasteiger partial charge in [-0.2, -0.15) is 0 Å². The number of nitro groups is 1. The number of ether oxygens (including phenoxy) is 1. The zero-order valence-electron chi connectivity index (χ0n) is 22.9. The molecule has 3 aliphatic carbocycles. The zero-order chi connectivity index (χ0) is 28.0. The highest BCUT2D eigenvalue weighted by molar-refractivity contribution is 5.92. The van der Waals surface area contributed by atoms with Gasteiger partial charge in [0.05, 0.1) is 28.0 Å². The third-order valence-corrected chi connectivity index (χ3v) is 10.3. The summed E-state index contributed by atoms with van der Waals surface area (Å²) in [6, 6.07) is 8.45. The molecule has 210 valence electrons. The van der Waals surface area contributed by atoms with E-state index < -0.39 is 22.0 Å². The van der Waals surface area contributed by atoms with E-state index in [0.29, 0.717) is 42.7 Å². The van der Waals surface area contributed by atoms with E-state index in [9.17, 15) is 25.1 Å². The third kappa shape index (κ3) is 3.50. The number of phenolic OH excluding ortho intramolecular Hbond substituents is 1. The summed E-state index contributed by atoms with van der Waals surface area (Å²) in [6.07, 6.45) is 6.97. The summed E-state index contributed by atoms with van der Waals surface area (Å²) in [5.41, 5.74) is 0.954. The van der Waals surface area contributed by atoms with Gasteiger partial charge in [0.1, 0.15) is 6.10 Å². The zero-order valence-corrected chi connectivity index (χ0v) is 22.9. The van der Waals surface area contributed by atoms with E-state index in [1.54, 1.807) is 24.1 Å². The van der Waals surface area contributed by atoms with Crippen LogP contribution in [0.25, 0.3) is 6.08 Å². The van der Waals surface area contributed by atoms with Crippen molar-refractivity contribution in [2.24, 2.45) is 5.92 Å². The van der Waals surface area contributed by atoms with Crippen LogP contribution in [0.5, 0.6) is 11.5 Å². The summed E-state index contributed by atoms with van der Waals surface area (Å²) in [6.45, 7) is 3.63. The fourth-order valence-corrected chi connectivity index (χ4v) is 8.30. The van der Waals surface area contributed by atoms with Crippen LogP contribution in [-0.2, 0) is 16.6 Å². The molecule has 1 saturated heterocycles. The lowest BCUT2D eigenvalue weighted by Gasteiger charge is -2.64. The van der Waals surface area contributed by atoms with Gasteiger partial charge in [-0.25, -0.2) is 0 Å². The first-order valence-corrected chi connectivity index (χ1v) is 14.3. The van der Waals surface area contributed by atoms with Gasteiger partial charge in [-0.1, -0.05) is 29.8 Å². The number of carbonyl (C=O) groups excluding carboxylic acids is 1. The Morgan fingerprint density at radius 2 is 2.08 bits per heavy atom. The van der Waals surface area contributed by atoms with Crippen molar-refractivity contribution in [3.63, 3.8) is 0 Å². The predicted octanol–water partition coefficient (Wildman–Crippen LogP) is 3.71. The summed E-state index contributed by atoms with van der Waals surface area (Å²) in [4.78, 5) is 29.2. The molecule has 3 fully saturated rings. The molecule has 2 bridgehead atoms. The number of likely N-dealkylation sites (tertiary alicyclic amines) is 1. The quantitative estimate of drug-likeness (QED) is 0.323. The monoisotopic (exact) mass is 545 g/mol. The molecule has 9 heteroatoms. The molecular formula is C31H35N3O6. The molecule has 5 atom stereocenters. The highest BCUT2D eigenvalue weighted by atomic mass is 16.6. The fraction of sp³-hybridized carbons (Fsp3) is 0.516. The second kappa shape index (κ2) is 8.78. The SMILES string of the molecule is Cc1cccc(/C=C/C(=O)N(C)C2CCC3(O)[C@H]4Cc5c([N+](=O)[O-])cc(O)c6c5[C@@]3(CCN4CC3CC3)C2O6)c1. The number of aromatic hydroxyl groups is 1. The Bertz CT molecular complexity index is 1450. The van der Waals surface area contributed by atoms with Crippen molar-refractivity contribution in [2.45, 2.75) is 74.7 Å². The van der Waals surface area contributed by atoms with Gasteiger partial charge in [0.15, 0.2) is 11.5 Å². The van der Waals surface area contributed by atoms with E-state index in [4.69, 9.17) is 4.74 Å². The van der Waals surface area contributed by atoms with Gasteiger partial charge in [0, 0.05) is 36.8 Å². The maximum absolute atomic E-state index is 13.4. The van der Waals surface area contributed by atoms with E-state index in [1.165, 1.54) is 18.9 Å². The van der Waals surface area contributed by atoms with Gasteiger partial charge < -0.3 is 19.8 Å². The molecule has 1 amide bonds. The number of phenols is 1. The average molecular weight is 546 g/mol. The van der Waals surface area contributed by atoms with Crippen LogP contribution in [0.3, 0.4) is 0 Å². The van der Waals surface area contributed by atoms with Crippen molar-refractivity contribution >= 4 is 17.7 Å². The first-order valence-electron chi connectivity index (χ1n) is 14.3. The summed E-state index contributed by atoms with van der Waals surface area (Å²) in [7, 11) is 1.76. The molecule has 3 unspecified atom stereocenters. The molecule has 2 aromatic rings. The van der Waals surface area contributed by atoms with Gasteiger partial charge in [-0.3, -0.25) is 19.8 Å². The lowest BCUT2D eigenvalue weighted by atomic mass is 9.48. The number of hydrogen-bond acceptors (Lipinski definition) is 7. The summed E-state index contributed by atoms with van der Waals surface area (Å²) in [5.74, 6) is 0.394. The van der Waals surface area contributed by atoms with Crippen molar-refractivity contribution in [1.82, 2.24) is 9.80 Å². The predicted molar refractivity (Wildman–Crippen MR) is 148 cm³/mol. The van der Waals surface area contributed by atoms with Crippen LogP contribution in [0, 0.1) is 23.0 Å². The average Bonchev–Trinajstić information content (AvgIpc) is 3.66. The van der Waals surface area contributed by atoms with Crippen LogP contribution in [0.15, 0.2) is 36.4 Å². The van der Waals surface area contributed by atoms with Crippen LogP contribution in [0.2, 0.25) is 0 Å². The van der Waals surface area contributed by atoms with E-state index in [-0.39, 0.29) is 35.2 Å². The summed E-state index contributed by atoms with van der Waals surface area (Å²) >= 11 is 0. The fourth-order valence-electron chi connectivity index (χ4n) is 8.30. The molecular weight excluding hydrogens is 510 g/mol. The van der Waals surface area contributed by atoms with E-state index in [0.717, 1.165) is 24.2 Å². The normalized spacial score (nSPS) is 32.0. The Morgan fingerprint density at radius 1 is 1.27 bits per heavy atom. The highest BCUT2D eigenvalue weighted by Gasteiger charge is 2.74. The number of piperidine rings is 1. The van der Waals surface area contributed by atoms with Gasteiger partial charge in [0.25, 0.3) is 5.69 Å². The van der Waals surface area contributed by atoms with Crippen LogP contribution in [-0.4, -0.2) is 74.8 Å². The van der Waals surface area contributed by atoms with Gasteiger partial charge in [0.2, 0.25) is 5.91 Å². The van der Waals surface area contributed by atoms with Gasteiger partial charge in [-0.05, 0) is 69.6 Å². The van der Waals surface area contributed by atoms with Crippen molar-refractivity contribution < 1.29 is 24.7 Å². The number of likely N-dealkylation sites (N-methyl/N-ethyl adjacent to an activating group) is 1. The molecule has 2 aliphatic heterocycles. The number of benzene rings is 2. The minimum Gasteiger partial charge on any atom is -0.504 e. The number of amides is 1. The Hall–Kier alpha value is -3.43. The van der Waals surface area contributed by atoms with Gasteiger partial charge >= 0.3 is 0 Å². The number of nitrogens with zero attached hydrogens (tertiary/aromatic N) is 3. The smallest absolute Gasteiger partial charge is 0.276 e. The molecule has 2 aromatic carbocycles.